The summed E-state index contributed by atoms with van der Waals surface area (Å²) in [5.74, 6) is 0. The minimum atomic E-state index is 0.0625. The highest BCUT2D eigenvalue weighted by molar-refractivity contribution is 5.93. The van der Waals surface area contributed by atoms with Gasteiger partial charge in [0, 0.05) is 22.5 Å². The molecule has 1 aromatic heterocycles. The molecule has 5 rings (SSSR count). The van der Waals surface area contributed by atoms with Crippen LogP contribution in [-0.4, -0.2) is 4.57 Å². The molecule has 0 aliphatic carbocycles. The van der Waals surface area contributed by atoms with E-state index < -0.39 is 0 Å². The molecule has 2 heterocycles. The molecule has 0 radical (unpaired) electrons. The van der Waals surface area contributed by atoms with Crippen molar-refractivity contribution in [1.82, 2.24) is 9.88 Å². The lowest BCUT2D eigenvalue weighted by Gasteiger charge is -2.25. The highest BCUT2D eigenvalue weighted by atomic mass is 15.0. The SMILES string of the molecule is C=C/C=C\C(=CC1=CC(c2ccccc2)NC(c2ccccc2)=C1)n1c(/C=C\CC)c(C)c2cc(C)ccc21. The molecule has 2 nitrogen and oxygen atoms in total. The number of hydrogen-bond acceptors (Lipinski definition) is 1. The molecule has 39 heavy (non-hydrogen) atoms. The highest BCUT2D eigenvalue weighted by Gasteiger charge is 2.18. The van der Waals surface area contributed by atoms with E-state index in [1.165, 1.54) is 38.9 Å². The Morgan fingerprint density at radius 2 is 1.72 bits per heavy atom. The van der Waals surface area contributed by atoms with Crippen molar-refractivity contribution in [2.24, 2.45) is 0 Å². The highest BCUT2D eigenvalue weighted by Crippen LogP contribution is 2.34. The molecule has 2 heteroatoms. The minimum absolute atomic E-state index is 0.0625. The summed E-state index contributed by atoms with van der Waals surface area (Å²) in [6.07, 6.45) is 18.4. The van der Waals surface area contributed by atoms with Gasteiger partial charge in [-0.3, -0.25) is 0 Å². The van der Waals surface area contributed by atoms with Gasteiger partial charge in [0.05, 0.1) is 11.6 Å². The zero-order chi connectivity index (χ0) is 27.2. The number of nitrogens with zero attached hydrogens (tertiary/aromatic N) is 1. The number of aromatic nitrogens is 1. The van der Waals surface area contributed by atoms with E-state index in [1.54, 1.807) is 0 Å². The van der Waals surface area contributed by atoms with Gasteiger partial charge in [-0.25, -0.2) is 0 Å². The molecule has 1 aliphatic rings. The maximum absolute atomic E-state index is 3.95. The van der Waals surface area contributed by atoms with Crippen molar-refractivity contribution < 1.29 is 0 Å². The molecule has 0 saturated heterocycles. The summed E-state index contributed by atoms with van der Waals surface area (Å²) in [6, 6.07) is 28.0. The second kappa shape index (κ2) is 11.9. The van der Waals surface area contributed by atoms with E-state index in [0.717, 1.165) is 23.4 Å². The molecule has 4 aromatic rings. The summed E-state index contributed by atoms with van der Waals surface area (Å²) in [4.78, 5) is 0. The number of rotatable bonds is 8. The Bertz CT molecular complexity index is 1620. The Morgan fingerprint density at radius 1 is 0.974 bits per heavy atom. The predicted molar refractivity (Wildman–Crippen MR) is 169 cm³/mol. The summed E-state index contributed by atoms with van der Waals surface area (Å²) in [5, 5.41) is 5.04. The van der Waals surface area contributed by atoms with Crippen LogP contribution in [0.2, 0.25) is 0 Å². The number of aryl methyl sites for hydroxylation is 2. The maximum atomic E-state index is 3.95. The van der Waals surface area contributed by atoms with Gasteiger partial charge in [0.15, 0.2) is 0 Å². The third kappa shape index (κ3) is 5.66. The fourth-order valence-electron chi connectivity index (χ4n) is 5.18. The van der Waals surface area contributed by atoms with Gasteiger partial charge in [0.2, 0.25) is 0 Å². The third-order valence-electron chi connectivity index (χ3n) is 7.13. The largest absolute Gasteiger partial charge is 0.374 e. The van der Waals surface area contributed by atoms with Crippen LogP contribution >= 0.6 is 0 Å². The molecule has 0 saturated carbocycles. The van der Waals surface area contributed by atoms with Crippen LogP contribution in [0.3, 0.4) is 0 Å². The standard InChI is InChI=1S/C37H36N2/c1-5-7-19-32(39-36(20-8-6-2)28(4)33-23-27(3)21-22-37(33)39)24-29-25-34(30-15-11-9-12-16-30)38-35(26-29)31-17-13-10-14-18-31/h5,7-26,34,38H,1,6H2,2-4H3/b19-7-,20-8-,32-24?. The molecule has 1 atom stereocenters. The van der Waals surface area contributed by atoms with Gasteiger partial charge >= 0.3 is 0 Å². The summed E-state index contributed by atoms with van der Waals surface area (Å²) >= 11 is 0. The summed E-state index contributed by atoms with van der Waals surface area (Å²) in [7, 11) is 0. The van der Waals surface area contributed by atoms with Crippen LogP contribution < -0.4 is 5.32 Å². The van der Waals surface area contributed by atoms with E-state index in [2.05, 4.69) is 153 Å². The molecule has 1 aliphatic heterocycles. The average Bonchev–Trinajstić information content (AvgIpc) is 3.25. The molecule has 1 N–H and O–H groups in total. The number of allylic oxidation sites excluding steroid dienone is 8. The van der Waals surface area contributed by atoms with E-state index in [0.29, 0.717) is 0 Å². The molecule has 194 valence electrons. The van der Waals surface area contributed by atoms with Crippen LogP contribution in [0.5, 0.6) is 0 Å². The van der Waals surface area contributed by atoms with Crippen LogP contribution in [0.4, 0.5) is 0 Å². The first-order valence-corrected chi connectivity index (χ1v) is 13.7. The van der Waals surface area contributed by atoms with Crippen molar-refractivity contribution >= 4 is 28.4 Å². The van der Waals surface area contributed by atoms with Crippen LogP contribution in [0, 0.1) is 13.8 Å². The van der Waals surface area contributed by atoms with Crippen molar-refractivity contribution in [1.29, 1.82) is 0 Å². The van der Waals surface area contributed by atoms with Crippen LogP contribution in [0.15, 0.2) is 134 Å². The van der Waals surface area contributed by atoms with Crippen LogP contribution in [-0.2, 0) is 0 Å². The van der Waals surface area contributed by atoms with Crippen LogP contribution in [0.1, 0.15) is 47.3 Å². The number of hydrogen-bond donors (Lipinski definition) is 1. The van der Waals surface area contributed by atoms with E-state index in [4.69, 9.17) is 0 Å². The lowest BCUT2D eigenvalue weighted by atomic mass is 9.96. The zero-order valence-corrected chi connectivity index (χ0v) is 23.1. The Balaban J connectivity index is 1.73. The molecule has 0 spiro atoms. The molecule has 3 aromatic carbocycles. The van der Waals surface area contributed by atoms with Crippen molar-refractivity contribution in [3.63, 3.8) is 0 Å². The van der Waals surface area contributed by atoms with Gasteiger partial charge in [-0.05, 0) is 79.0 Å². The van der Waals surface area contributed by atoms with E-state index in [1.807, 2.05) is 12.2 Å². The maximum Gasteiger partial charge on any atom is 0.0706 e. The van der Waals surface area contributed by atoms with E-state index in [9.17, 15) is 0 Å². The Hall–Kier alpha value is -4.56. The first-order chi connectivity index (χ1) is 19.1. The lowest BCUT2D eigenvalue weighted by Crippen LogP contribution is -2.21. The quantitative estimate of drug-likeness (QED) is 0.234. The monoisotopic (exact) mass is 508 g/mol. The first-order valence-electron chi connectivity index (χ1n) is 13.7. The number of nitrogens with one attached hydrogen (secondary N) is 1. The minimum Gasteiger partial charge on any atom is -0.374 e. The number of fused-ring (bicyclic) bond motifs is 1. The Kier molecular flexibility index (Phi) is 7.94. The zero-order valence-electron chi connectivity index (χ0n) is 23.1. The number of benzene rings is 3. The molecular weight excluding hydrogens is 472 g/mol. The molecular formula is C37H36N2. The Morgan fingerprint density at radius 3 is 2.44 bits per heavy atom. The van der Waals surface area contributed by atoms with E-state index in [-0.39, 0.29) is 6.04 Å². The average molecular weight is 509 g/mol. The summed E-state index contributed by atoms with van der Waals surface area (Å²) < 4.78 is 2.38. The smallest absolute Gasteiger partial charge is 0.0706 e. The Labute approximate surface area is 232 Å². The van der Waals surface area contributed by atoms with Gasteiger partial charge in [-0.1, -0.05) is 110 Å². The van der Waals surface area contributed by atoms with Gasteiger partial charge in [-0.15, -0.1) is 0 Å². The lowest BCUT2D eigenvalue weighted by molar-refractivity contribution is 0.759. The van der Waals surface area contributed by atoms with Crippen molar-refractivity contribution in [3.05, 3.63) is 161 Å². The molecule has 1 unspecified atom stereocenters. The summed E-state index contributed by atoms with van der Waals surface area (Å²) in [6.45, 7) is 10.5. The first kappa shape index (κ1) is 26.1. The van der Waals surface area contributed by atoms with Gasteiger partial charge in [0.1, 0.15) is 0 Å². The summed E-state index contributed by atoms with van der Waals surface area (Å²) in [5.41, 5.74) is 10.7. The molecule has 0 bridgehead atoms. The van der Waals surface area contributed by atoms with Crippen molar-refractivity contribution in [3.8, 4) is 0 Å². The fourth-order valence-corrected chi connectivity index (χ4v) is 5.18. The van der Waals surface area contributed by atoms with Crippen molar-refractivity contribution in [2.75, 3.05) is 0 Å². The second-order valence-corrected chi connectivity index (χ2v) is 9.96. The van der Waals surface area contributed by atoms with Gasteiger partial charge in [-0.2, -0.15) is 0 Å². The van der Waals surface area contributed by atoms with Crippen molar-refractivity contribution in [2.45, 2.75) is 33.2 Å². The van der Waals surface area contributed by atoms with Gasteiger partial charge in [0.25, 0.3) is 0 Å². The third-order valence-corrected chi connectivity index (χ3v) is 7.13. The number of dihydropyridines is 1. The van der Waals surface area contributed by atoms with Crippen LogP contribution in [0.25, 0.3) is 28.4 Å². The predicted octanol–water partition coefficient (Wildman–Crippen LogP) is 9.58. The second-order valence-electron chi connectivity index (χ2n) is 9.96. The topological polar surface area (TPSA) is 17.0 Å². The fraction of sp³-hybridized carbons (Fsp3) is 0.135. The van der Waals surface area contributed by atoms with Gasteiger partial charge < -0.3 is 9.88 Å². The molecule has 0 fully saturated rings. The van der Waals surface area contributed by atoms with E-state index >= 15 is 0 Å². The molecule has 0 amide bonds. The normalized spacial score (nSPS) is 16.0.